The highest BCUT2D eigenvalue weighted by Gasteiger charge is 1.97. The van der Waals surface area contributed by atoms with Gasteiger partial charge in [-0.15, -0.1) is 0 Å². The molecule has 0 bridgehead atoms. The van der Waals surface area contributed by atoms with Crippen molar-refractivity contribution in [2.24, 2.45) is 0 Å². The molecule has 1 aromatic rings. The first-order valence-corrected chi connectivity index (χ1v) is 3.77. The topological polar surface area (TPSA) is 55.8 Å². The monoisotopic (exact) mass is 182 g/mol. The van der Waals surface area contributed by atoms with Gasteiger partial charge in [0.2, 0.25) is 0 Å². The maximum atomic E-state index is 10.4. The average molecular weight is 182 g/mol. The lowest BCUT2D eigenvalue weighted by Gasteiger charge is -2.02. The van der Waals surface area contributed by atoms with E-state index >= 15 is 0 Å². The van der Waals surface area contributed by atoms with E-state index in [1.54, 1.807) is 24.3 Å². The zero-order valence-corrected chi connectivity index (χ0v) is 7.19. The van der Waals surface area contributed by atoms with Gasteiger partial charge in [0.1, 0.15) is 0 Å². The van der Waals surface area contributed by atoms with Crippen LogP contribution in [0.2, 0.25) is 0 Å². The molecule has 0 heterocycles. The number of hydrogen-bond acceptors (Lipinski definition) is 4. The van der Waals surface area contributed by atoms with Crippen molar-refractivity contribution in [3.63, 3.8) is 0 Å². The number of rotatable bonds is 3. The maximum Gasteiger partial charge on any atom is 0.352 e. The van der Waals surface area contributed by atoms with Gasteiger partial charge in [-0.05, 0) is 17.7 Å². The van der Waals surface area contributed by atoms with Crippen LogP contribution in [0.25, 0.3) is 0 Å². The van der Waals surface area contributed by atoms with Crippen LogP contribution in [0.1, 0.15) is 12.5 Å². The van der Waals surface area contributed by atoms with Gasteiger partial charge in [0.25, 0.3) is 0 Å². The van der Waals surface area contributed by atoms with E-state index in [4.69, 9.17) is 5.11 Å². The number of aliphatic hydroxyl groups is 1. The van der Waals surface area contributed by atoms with Crippen molar-refractivity contribution < 1.29 is 19.7 Å². The van der Waals surface area contributed by atoms with E-state index in [0.717, 1.165) is 5.56 Å². The van der Waals surface area contributed by atoms with Crippen molar-refractivity contribution in [1.29, 1.82) is 0 Å². The molecule has 0 aliphatic carbocycles. The van der Waals surface area contributed by atoms with Crippen LogP contribution in [0.5, 0.6) is 5.75 Å². The molecule has 0 fully saturated rings. The zero-order valence-electron chi connectivity index (χ0n) is 7.19. The molecule has 0 aliphatic heterocycles. The van der Waals surface area contributed by atoms with Gasteiger partial charge < -0.3 is 5.11 Å². The summed E-state index contributed by atoms with van der Waals surface area (Å²) in [6.07, 6.45) is 0. The van der Waals surface area contributed by atoms with Crippen LogP contribution in [-0.2, 0) is 16.3 Å². The number of benzene rings is 1. The van der Waals surface area contributed by atoms with Crippen LogP contribution in [-0.4, -0.2) is 11.1 Å². The van der Waals surface area contributed by atoms with E-state index < -0.39 is 5.97 Å². The van der Waals surface area contributed by atoms with E-state index in [2.05, 4.69) is 9.78 Å². The van der Waals surface area contributed by atoms with Gasteiger partial charge in [0.15, 0.2) is 5.75 Å². The molecule has 0 saturated heterocycles. The van der Waals surface area contributed by atoms with Crippen molar-refractivity contribution in [3.05, 3.63) is 29.8 Å². The first kappa shape index (κ1) is 9.54. The minimum atomic E-state index is -0.508. The molecule has 0 unspecified atom stereocenters. The predicted molar refractivity (Wildman–Crippen MR) is 44.8 cm³/mol. The fourth-order valence-electron chi connectivity index (χ4n) is 0.757. The minimum Gasteiger partial charge on any atom is -0.392 e. The van der Waals surface area contributed by atoms with Crippen molar-refractivity contribution in [2.75, 3.05) is 0 Å². The van der Waals surface area contributed by atoms with Gasteiger partial charge in [0.05, 0.1) is 6.61 Å². The molecule has 0 atom stereocenters. The first-order chi connectivity index (χ1) is 6.22. The lowest BCUT2D eigenvalue weighted by atomic mass is 10.2. The molecule has 1 rings (SSSR count). The molecule has 13 heavy (non-hydrogen) atoms. The molecule has 0 saturated carbocycles. The minimum absolute atomic E-state index is 0.0200. The van der Waals surface area contributed by atoms with Crippen molar-refractivity contribution in [3.8, 4) is 5.75 Å². The summed E-state index contributed by atoms with van der Waals surface area (Å²) in [7, 11) is 0. The van der Waals surface area contributed by atoms with Crippen LogP contribution >= 0.6 is 0 Å². The summed E-state index contributed by atoms with van der Waals surface area (Å²) in [5.41, 5.74) is 0.773. The Hall–Kier alpha value is -1.55. The molecule has 1 N–H and O–H groups in total. The van der Waals surface area contributed by atoms with Crippen LogP contribution in [0.15, 0.2) is 24.3 Å². The van der Waals surface area contributed by atoms with Crippen molar-refractivity contribution >= 4 is 5.97 Å². The Bertz CT molecular complexity index is 278. The van der Waals surface area contributed by atoms with E-state index in [-0.39, 0.29) is 6.61 Å². The number of aliphatic hydroxyl groups excluding tert-OH is 1. The second kappa shape index (κ2) is 4.47. The summed E-state index contributed by atoms with van der Waals surface area (Å²) in [5, 5.41) is 8.72. The van der Waals surface area contributed by atoms with Gasteiger partial charge in [-0.25, -0.2) is 4.79 Å². The van der Waals surface area contributed by atoms with Gasteiger partial charge >= 0.3 is 5.97 Å². The van der Waals surface area contributed by atoms with Crippen LogP contribution < -0.4 is 4.89 Å². The molecule has 4 heteroatoms. The lowest BCUT2D eigenvalue weighted by Crippen LogP contribution is -2.02. The highest BCUT2D eigenvalue weighted by Crippen LogP contribution is 2.12. The molecular formula is C9H10O4. The SMILES string of the molecule is CC(=O)OOc1ccc(CO)cc1. The van der Waals surface area contributed by atoms with Gasteiger partial charge in [-0.2, -0.15) is 0 Å². The third-order valence-corrected chi connectivity index (χ3v) is 1.36. The average Bonchev–Trinajstić information content (AvgIpc) is 2.15. The highest BCUT2D eigenvalue weighted by molar-refractivity contribution is 5.65. The Kier molecular flexibility index (Phi) is 3.28. The molecule has 0 amide bonds. The molecule has 0 aliphatic rings. The fraction of sp³-hybridized carbons (Fsp3) is 0.222. The highest BCUT2D eigenvalue weighted by atomic mass is 17.2. The smallest absolute Gasteiger partial charge is 0.352 e. The standard InChI is InChI=1S/C9H10O4/c1-7(11)12-13-9-4-2-8(6-10)3-5-9/h2-5,10H,6H2,1H3. The number of hydrogen-bond donors (Lipinski definition) is 1. The maximum absolute atomic E-state index is 10.4. The zero-order chi connectivity index (χ0) is 9.68. The Morgan fingerprint density at radius 2 is 2.00 bits per heavy atom. The van der Waals surface area contributed by atoms with Gasteiger partial charge in [-0.3, -0.25) is 9.78 Å². The summed E-state index contributed by atoms with van der Waals surface area (Å²) >= 11 is 0. The lowest BCUT2D eigenvalue weighted by molar-refractivity contribution is -0.210. The molecular weight excluding hydrogens is 172 g/mol. The second-order valence-corrected chi connectivity index (χ2v) is 2.46. The summed E-state index contributed by atoms with van der Waals surface area (Å²) < 4.78 is 0. The van der Waals surface area contributed by atoms with Gasteiger partial charge in [-0.1, -0.05) is 12.1 Å². The Morgan fingerprint density at radius 1 is 1.38 bits per heavy atom. The van der Waals surface area contributed by atoms with Crippen LogP contribution in [0.3, 0.4) is 0 Å². The normalized spacial score (nSPS) is 9.38. The van der Waals surface area contributed by atoms with E-state index in [1.807, 2.05) is 0 Å². The van der Waals surface area contributed by atoms with E-state index in [0.29, 0.717) is 5.75 Å². The van der Waals surface area contributed by atoms with Crippen LogP contribution in [0.4, 0.5) is 0 Å². The quantitative estimate of drug-likeness (QED) is 0.560. The van der Waals surface area contributed by atoms with Crippen molar-refractivity contribution in [2.45, 2.75) is 13.5 Å². The van der Waals surface area contributed by atoms with Gasteiger partial charge in [0, 0.05) is 6.92 Å². The van der Waals surface area contributed by atoms with E-state index in [9.17, 15) is 4.79 Å². The summed E-state index contributed by atoms with van der Waals surface area (Å²) in [5.74, 6) is -0.0846. The molecule has 0 spiro atoms. The summed E-state index contributed by atoms with van der Waals surface area (Å²) in [6.45, 7) is 1.23. The number of carbonyl (C=O) groups excluding carboxylic acids is 1. The summed E-state index contributed by atoms with van der Waals surface area (Å²) in [4.78, 5) is 19.3. The Labute approximate surface area is 75.6 Å². The fourth-order valence-corrected chi connectivity index (χ4v) is 0.757. The summed E-state index contributed by atoms with van der Waals surface area (Å²) in [6, 6.07) is 6.57. The molecule has 4 nitrogen and oxygen atoms in total. The van der Waals surface area contributed by atoms with E-state index in [1.165, 1.54) is 6.92 Å². The van der Waals surface area contributed by atoms with Crippen molar-refractivity contribution in [1.82, 2.24) is 0 Å². The Morgan fingerprint density at radius 3 is 2.46 bits per heavy atom. The molecule has 0 aromatic heterocycles. The molecule has 0 radical (unpaired) electrons. The molecule has 1 aromatic carbocycles. The largest absolute Gasteiger partial charge is 0.392 e. The predicted octanol–water partition coefficient (Wildman–Crippen LogP) is 1.04. The van der Waals surface area contributed by atoms with Crippen LogP contribution in [0, 0.1) is 0 Å². The molecule has 70 valence electrons. The Balaban J connectivity index is 2.54. The first-order valence-electron chi connectivity index (χ1n) is 3.77. The third-order valence-electron chi connectivity index (χ3n) is 1.36. The second-order valence-electron chi connectivity index (χ2n) is 2.46. The number of carbonyl (C=O) groups is 1. The third kappa shape index (κ3) is 3.13.